The van der Waals surface area contributed by atoms with Crippen LogP contribution in [-0.2, 0) is 4.74 Å². The zero-order chi connectivity index (χ0) is 12.3. The Balaban J connectivity index is 2.61. The predicted molar refractivity (Wildman–Crippen MR) is 59.2 cm³/mol. The molecule has 0 amide bonds. The number of nitrogens with one attached hydrogen (secondary N) is 1. The highest BCUT2D eigenvalue weighted by Gasteiger charge is 2.27. The SMILES string of the molecule is N=NC1OC=C(N)C(N=O)=C1c1ccccn1. The average Bonchev–Trinajstić information content (AvgIpc) is 2.39. The van der Waals surface area contributed by atoms with E-state index in [1.807, 2.05) is 0 Å². The van der Waals surface area contributed by atoms with E-state index in [1.165, 1.54) is 0 Å². The molecule has 0 saturated carbocycles. The number of aromatic nitrogens is 1. The molecule has 86 valence electrons. The van der Waals surface area contributed by atoms with Crippen LogP contribution in [-0.4, -0.2) is 11.2 Å². The van der Waals surface area contributed by atoms with Crippen molar-refractivity contribution in [2.45, 2.75) is 6.23 Å². The van der Waals surface area contributed by atoms with Crippen LogP contribution < -0.4 is 5.73 Å². The van der Waals surface area contributed by atoms with Crippen molar-refractivity contribution in [3.63, 3.8) is 0 Å². The van der Waals surface area contributed by atoms with Crippen LogP contribution in [0.15, 0.2) is 52.3 Å². The fourth-order valence-corrected chi connectivity index (χ4v) is 1.50. The lowest BCUT2D eigenvalue weighted by Gasteiger charge is -2.20. The molecule has 0 fully saturated rings. The van der Waals surface area contributed by atoms with E-state index in [2.05, 4.69) is 15.3 Å². The second-order valence-corrected chi connectivity index (χ2v) is 3.26. The molecule has 0 radical (unpaired) electrons. The van der Waals surface area contributed by atoms with Crippen molar-refractivity contribution in [1.82, 2.24) is 4.98 Å². The van der Waals surface area contributed by atoms with Crippen molar-refractivity contribution in [1.29, 1.82) is 5.53 Å². The molecule has 0 aliphatic carbocycles. The second kappa shape index (κ2) is 4.52. The van der Waals surface area contributed by atoms with E-state index in [-0.39, 0.29) is 11.4 Å². The maximum Gasteiger partial charge on any atom is 0.237 e. The van der Waals surface area contributed by atoms with Crippen LogP contribution in [0, 0.1) is 10.4 Å². The van der Waals surface area contributed by atoms with Gasteiger partial charge in [-0.25, -0.2) is 5.53 Å². The zero-order valence-electron chi connectivity index (χ0n) is 8.70. The predicted octanol–water partition coefficient (Wildman–Crippen LogP) is 1.75. The minimum atomic E-state index is -0.940. The van der Waals surface area contributed by atoms with Crippen molar-refractivity contribution in [2.24, 2.45) is 16.0 Å². The molecule has 1 aromatic heterocycles. The molecule has 3 N–H and O–H groups in total. The first-order chi connectivity index (χ1) is 8.27. The molecule has 7 nitrogen and oxygen atoms in total. The highest BCUT2D eigenvalue weighted by atomic mass is 16.5. The Morgan fingerprint density at radius 1 is 1.47 bits per heavy atom. The Morgan fingerprint density at radius 2 is 2.29 bits per heavy atom. The molecular weight excluding hydrogens is 222 g/mol. The lowest BCUT2D eigenvalue weighted by atomic mass is 10.0. The summed E-state index contributed by atoms with van der Waals surface area (Å²) in [5.74, 6) is 0. The molecule has 7 heteroatoms. The van der Waals surface area contributed by atoms with Crippen molar-refractivity contribution in [2.75, 3.05) is 0 Å². The van der Waals surface area contributed by atoms with E-state index in [9.17, 15) is 4.91 Å². The number of nitrogens with two attached hydrogens (primary N) is 1. The molecular formula is C10H9N5O2. The van der Waals surface area contributed by atoms with Gasteiger partial charge in [0.05, 0.1) is 17.0 Å². The number of ether oxygens (including phenoxy) is 1. The Morgan fingerprint density at radius 3 is 2.88 bits per heavy atom. The maximum absolute atomic E-state index is 10.8. The van der Waals surface area contributed by atoms with Crippen LogP contribution in [0.5, 0.6) is 0 Å². The zero-order valence-corrected chi connectivity index (χ0v) is 8.70. The fourth-order valence-electron chi connectivity index (χ4n) is 1.50. The van der Waals surface area contributed by atoms with Gasteiger partial charge in [0.15, 0.2) is 0 Å². The summed E-state index contributed by atoms with van der Waals surface area (Å²) in [6, 6.07) is 5.14. The molecule has 0 bridgehead atoms. The summed E-state index contributed by atoms with van der Waals surface area (Å²) in [7, 11) is 0. The van der Waals surface area contributed by atoms with E-state index in [4.69, 9.17) is 16.0 Å². The molecule has 0 saturated heterocycles. The third-order valence-electron chi connectivity index (χ3n) is 2.25. The van der Waals surface area contributed by atoms with Gasteiger partial charge in [0.2, 0.25) is 6.23 Å². The molecule has 1 aromatic rings. The van der Waals surface area contributed by atoms with Crippen LogP contribution in [0.25, 0.3) is 5.57 Å². The number of hydrogen-bond acceptors (Lipinski definition) is 7. The monoisotopic (exact) mass is 231 g/mol. The smallest absolute Gasteiger partial charge is 0.237 e. The van der Waals surface area contributed by atoms with E-state index >= 15 is 0 Å². The van der Waals surface area contributed by atoms with Crippen LogP contribution in [0.2, 0.25) is 0 Å². The van der Waals surface area contributed by atoms with Crippen LogP contribution in [0.3, 0.4) is 0 Å². The normalized spacial score (nSPS) is 19.3. The minimum absolute atomic E-state index is 0.0101. The maximum atomic E-state index is 10.8. The molecule has 0 aromatic carbocycles. The van der Waals surface area contributed by atoms with E-state index in [1.54, 1.807) is 24.4 Å². The third kappa shape index (κ3) is 1.89. The first-order valence-electron chi connectivity index (χ1n) is 4.75. The minimum Gasteiger partial charge on any atom is -0.468 e. The lowest BCUT2D eigenvalue weighted by molar-refractivity contribution is 0.186. The fraction of sp³-hybridized carbons (Fsp3) is 0.100. The van der Waals surface area contributed by atoms with E-state index < -0.39 is 6.23 Å². The van der Waals surface area contributed by atoms with Gasteiger partial charge >= 0.3 is 0 Å². The highest BCUT2D eigenvalue weighted by molar-refractivity contribution is 5.73. The number of hydrogen-bond donors (Lipinski definition) is 2. The third-order valence-corrected chi connectivity index (χ3v) is 2.25. The lowest BCUT2D eigenvalue weighted by Crippen LogP contribution is -2.19. The van der Waals surface area contributed by atoms with E-state index in [0.29, 0.717) is 11.3 Å². The number of nitrogens with zero attached hydrogens (tertiary/aromatic N) is 3. The van der Waals surface area contributed by atoms with Gasteiger partial charge in [0.1, 0.15) is 12.0 Å². The largest absolute Gasteiger partial charge is 0.468 e. The summed E-state index contributed by atoms with van der Waals surface area (Å²) >= 11 is 0. The van der Waals surface area contributed by atoms with Crippen molar-refractivity contribution in [3.05, 3.63) is 52.7 Å². The molecule has 1 aliphatic rings. The summed E-state index contributed by atoms with van der Waals surface area (Å²) in [6.07, 6.45) is 1.77. The molecule has 1 unspecified atom stereocenters. The van der Waals surface area contributed by atoms with Gasteiger partial charge in [-0.05, 0) is 17.3 Å². The highest BCUT2D eigenvalue weighted by Crippen LogP contribution is 2.30. The van der Waals surface area contributed by atoms with Gasteiger partial charge in [-0.3, -0.25) is 4.98 Å². The van der Waals surface area contributed by atoms with Gasteiger partial charge in [-0.2, -0.15) is 0 Å². The van der Waals surface area contributed by atoms with Crippen molar-refractivity contribution < 1.29 is 4.74 Å². The van der Waals surface area contributed by atoms with Gasteiger partial charge in [0, 0.05) is 6.20 Å². The summed E-state index contributed by atoms with van der Waals surface area (Å²) in [4.78, 5) is 14.9. The molecule has 1 aliphatic heterocycles. The molecule has 2 heterocycles. The standard InChI is InChI=1S/C10H9N5O2/c11-6-5-17-10(14-12)8(9(6)15-16)7-3-1-2-4-13-7/h1-5,10,12H,11H2. The van der Waals surface area contributed by atoms with E-state index in [0.717, 1.165) is 6.26 Å². The number of pyridine rings is 1. The van der Waals surface area contributed by atoms with Gasteiger partial charge in [0.25, 0.3) is 0 Å². The van der Waals surface area contributed by atoms with Crippen LogP contribution >= 0.6 is 0 Å². The van der Waals surface area contributed by atoms with Gasteiger partial charge in [-0.1, -0.05) is 6.07 Å². The molecule has 17 heavy (non-hydrogen) atoms. The summed E-state index contributed by atoms with van der Waals surface area (Å²) in [5, 5.41) is 6.13. The summed E-state index contributed by atoms with van der Waals surface area (Å²) in [5.41, 5.74) is 13.5. The Hall–Kier alpha value is -2.57. The molecule has 0 spiro atoms. The Kier molecular flexibility index (Phi) is 2.91. The second-order valence-electron chi connectivity index (χ2n) is 3.26. The number of nitroso groups, excluding NO2 is 1. The average molecular weight is 231 g/mol. The first-order valence-corrected chi connectivity index (χ1v) is 4.75. The number of rotatable bonds is 3. The molecule has 2 rings (SSSR count). The van der Waals surface area contributed by atoms with Gasteiger partial charge < -0.3 is 10.5 Å². The Labute approximate surface area is 96.5 Å². The quantitative estimate of drug-likeness (QED) is 0.609. The Bertz CT molecular complexity index is 509. The first kappa shape index (κ1) is 10.9. The molecule has 1 atom stereocenters. The van der Waals surface area contributed by atoms with Crippen LogP contribution in [0.1, 0.15) is 5.69 Å². The van der Waals surface area contributed by atoms with Crippen LogP contribution in [0.4, 0.5) is 0 Å². The summed E-state index contributed by atoms with van der Waals surface area (Å²) in [6.45, 7) is 0. The van der Waals surface area contributed by atoms with Crippen molar-refractivity contribution in [3.8, 4) is 0 Å². The van der Waals surface area contributed by atoms with Gasteiger partial charge in [-0.15, -0.1) is 10.0 Å². The van der Waals surface area contributed by atoms with Crippen molar-refractivity contribution >= 4 is 5.57 Å². The topological polar surface area (TPSA) is 114 Å². The summed E-state index contributed by atoms with van der Waals surface area (Å²) < 4.78 is 5.10.